The number of ether oxygens (including phenoxy) is 1. The van der Waals surface area contributed by atoms with Gasteiger partial charge in [-0.15, -0.1) is 0 Å². The van der Waals surface area contributed by atoms with Crippen LogP contribution >= 0.6 is 7.82 Å². The summed E-state index contributed by atoms with van der Waals surface area (Å²) >= 11 is 0. The second kappa shape index (κ2) is 7.17. The highest BCUT2D eigenvalue weighted by Gasteiger charge is 2.45. The fraction of sp³-hybridized carbons (Fsp3) is 0.545. The molecular formula is C11H16N3O10P. The molecule has 1 fully saturated rings. The number of aliphatic hydroxyl groups is 2. The average Bonchev–Trinajstić information content (AvgIpc) is 2.75. The molecule has 2 heterocycles. The summed E-state index contributed by atoms with van der Waals surface area (Å²) in [5.41, 5.74) is 2.98. The Bertz CT molecular complexity index is 813. The lowest BCUT2D eigenvalue weighted by atomic mass is 10.1. The molecule has 4 atom stereocenters. The third-order valence-corrected chi connectivity index (χ3v) is 3.91. The molecule has 14 heteroatoms. The first kappa shape index (κ1) is 19.5. The van der Waals surface area contributed by atoms with E-state index in [4.69, 9.17) is 20.3 Å². The molecule has 0 aliphatic carbocycles. The quantitative estimate of drug-likeness (QED) is 0.265. The van der Waals surface area contributed by atoms with Crippen molar-refractivity contribution in [3.63, 3.8) is 0 Å². The van der Waals surface area contributed by atoms with E-state index in [1.54, 1.807) is 0 Å². The van der Waals surface area contributed by atoms with E-state index in [9.17, 15) is 29.2 Å². The minimum Gasteiger partial charge on any atom is -0.387 e. The van der Waals surface area contributed by atoms with Gasteiger partial charge in [-0.25, -0.2) is 9.36 Å². The van der Waals surface area contributed by atoms with Crippen molar-refractivity contribution in [2.45, 2.75) is 31.0 Å². The number of phosphoric ester groups is 1. The van der Waals surface area contributed by atoms with Crippen LogP contribution in [0.2, 0.25) is 0 Å². The Morgan fingerprint density at radius 1 is 1.36 bits per heavy atom. The van der Waals surface area contributed by atoms with Crippen LogP contribution in [0.3, 0.4) is 0 Å². The Labute approximate surface area is 138 Å². The van der Waals surface area contributed by atoms with Crippen molar-refractivity contribution in [1.29, 1.82) is 0 Å². The Hall–Kier alpha value is -1.86. The largest absolute Gasteiger partial charge is 0.469 e. The molecule has 1 aromatic rings. The maximum Gasteiger partial charge on any atom is 0.469 e. The highest BCUT2D eigenvalue weighted by atomic mass is 31.2. The van der Waals surface area contributed by atoms with Crippen molar-refractivity contribution in [3.05, 3.63) is 32.6 Å². The molecule has 2 rings (SSSR count). The number of H-pyrrole nitrogens is 1. The molecule has 0 unspecified atom stereocenters. The molecule has 1 aromatic heterocycles. The van der Waals surface area contributed by atoms with Gasteiger partial charge in [0.15, 0.2) is 6.23 Å². The molecule has 0 saturated carbocycles. The third-order valence-electron chi connectivity index (χ3n) is 3.42. The summed E-state index contributed by atoms with van der Waals surface area (Å²) < 4.78 is 20.8. The van der Waals surface area contributed by atoms with Gasteiger partial charge in [0.1, 0.15) is 18.3 Å². The Kier molecular flexibility index (Phi) is 5.58. The van der Waals surface area contributed by atoms with E-state index in [0.29, 0.717) is 0 Å². The molecule has 7 N–H and O–H groups in total. The van der Waals surface area contributed by atoms with Crippen LogP contribution in [0.1, 0.15) is 11.8 Å². The Balaban J connectivity index is 2.29. The zero-order valence-corrected chi connectivity index (χ0v) is 13.4. The normalized spacial score (nSPS) is 26.7. The highest BCUT2D eigenvalue weighted by Crippen LogP contribution is 2.38. The Morgan fingerprint density at radius 2 is 2.00 bits per heavy atom. The van der Waals surface area contributed by atoms with Crippen molar-refractivity contribution in [1.82, 2.24) is 9.55 Å². The van der Waals surface area contributed by atoms with E-state index < -0.39 is 62.5 Å². The zero-order valence-electron chi connectivity index (χ0n) is 12.5. The first-order valence-electron chi connectivity index (χ1n) is 6.84. The minimum absolute atomic E-state index is 0.174. The van der Waals surface area contributed by atoms with Crippen LogP contribution < -0.4 is 17.0 Å². The molecule has 13 nitrogen and oxygen atoms in total. The van der Waals surface area contributed by atoms with E-state index in [1.165, 1.54) is 0 Å². The zero-order chi connectivity index (χ0) is 18.9. The number of carbonyl (C=O) groups excluding carboxylic acids is 1. The number of nitrogens with one attached hydrogen (secondary N) is 1. The van der Waals surface area contributed by atoms with Crippen LogP contribution in [-0.2, 0) is 25.0 Å². The van der Waals surface area contributed by atoms with Gasteiger partial charge in [0.2, 0.25) is 5.91 Å². The van der Waals surface area contributed by atoms with Gasteiger partial charge in [-0.05, 0) is 0 Å². The highest BCUT2D eigenvalue weighted by molar-refractivity contribution is 7.46. The second-order valence-corrected chi connectivity index (χ2v) is 6.54. The Morgan fingerprint density at radius 3 is 2.56 bits per heavy atom. The van der Waals surface area contributed by atoms with Crippen molar-refractivity contribution in [2.24, 2.45) is 5.73 Å². The summed E-state index contributed by atoms with van der Waals surface area (Å²) in [5.74, 6) is -0.837. The lowest BCUT2D eigenvalue weighted by Gasteiger charge is -2.17. The van der Waals surface area contributed by atoms with Gasteiger partial charge in [0.25, 0.3) is 5.56 Å². The number of nitrogens with two attached hydrogens (primary N) is 1. The number of primary amides is 1. The van der Waals surface area contributed by atoms with Crippen LogP contribution in [0.4, 0.5) is 0 Å². The molecule has 25 heavy (non-hydrogen) atoms. The SMILES string of the molecule is NC(=O)Cc1cn([C@@H]2O[C@H](COP(=O)(O)O)[C@@H](O)[C@H]2O)c(=O)[nH]c1=O. The molecular weight excluding hydrogens is 365 g/mol. The van der Waals surface area contributed by atoms with Gasteiger partial charge in [0, 0.05) is 11.8 Å². The predicted octanol–water partition coefficient (Wildman–Crippen LogP) is -3.71. The first-order valence-corrected chi connectivity index (χ1v) is 8.37. The van der Waals surface area contributed by atoms with Crippen molar-refractivity contribution >= 4 is 13.7 Å². The molecule has 1 aliphatic heterocycles. The number of rotatable bonds is 6. The van der Waals surface area contributed by atoms with E-state index in [2.05, 4.69) is 4.52 Å². The van der Waals surface area contributed by atoms with Crippen LogP contribution in [0, 0.1) is 0 Å². The summed E-state index contributed by atoms with van der Waals surface area (Å²) in [7, 11) is -4.84. The number of hydrogen-bond acceptors (Lipinski definition) is 8. The fourth-order valence-corrected chi connectivity index (χ4v) is 2.64. The standard InChI is InChI=1S/C11H16N3O10P/c12-6(15)1-4-2-14(11(19)13-9(4)18)10-8(17)7(16)5(24-10)3-23-25(20,21)22/h2,5,7-8,10,16-17H,1,3H2,(H2,12,15)(H,13,18,19)(H2,20,21,22)/t5-,7-,8-,10-/m1/s1. The van der Waals surface area contributed by atoms with Crippen molar-refractivity contribution in [3.8, 4) is 0 Å². The first-order chi connectivity index (χ1) is 11.5. The lowest BCUT2D eigenvalue weighted by molar-refractivity contribution is -0.117. The van der Waals surface area contributed by atoms with E-state index in [-0.39, 0.29) is 5.56 Å². The van der Waals surface area contributed by atoms with Gasteiger partial charge in [0.05, 0.1) is 13.0 Å². The molecule has 0 bridgehead atoms. The number of carbonyl (C=O) groups is 1. The second-order valence-electron chi connectivity index (χ2n) is 5.30. The van der Waals surface area contributed by atoms with Crippen LogP contribution in [0.5, 0.6) is 0 Å². The van der Waals surface area contributed by atoms with Crippen LogP contribution in [-0.4, -0.2) is 60.4 Å². The van der Waals surface area contributed by atoms with Gasteiger partial charge in [-0.2, -0.15) is 0 Å². The summed E-state index contributed by atoms with van der Waals surface area (Å²) in [5, 5.41) is 19.9. The summed E-state index contributed by atoms with van der Waals surface area (Å²) in [6.45, 7) is -0.759. The van der Waals surface area contributed by atoms with E-state index in [1.807, 2.05) is 4.98 Å². The number of amides is 1. The number of aliphatic hydroxyl groups excluding tert-OH is 2. The molecule has 140 valence electrons. The van der Waals surface area contributed by atoms with Crippen molar-refractivity contribution in [2.75, 3.05) is 6.61 Å². The van der Waals surface area contributed by atoms with Crippen LogP contribution in [0.15, 0.2) is 15.8 Å². The van der Waals surface area contributed by atoms with Crippen molar-refractivity contribution < 1.29 is 38.6 Å². The molecule has 1 saturated heterocycles. The number of phosphoric acid groups is 1. The summed E-state index contributed by atoms with van der Waals surface area (Å²) in [6, 6.07) is 0. The maximum absolute atomic E-state index is 11.9. The number of aromatic amines is 1. The molecule has 0 aromatic carbocycles. The third kappa shape index (κ3) is 4.61. The summed E-state index contributed by atoms with van der Waals surface area (Å²) in [4.78, 5) is 53.7. The van der Waals surface area contributed by atoms with E-state index in [0.717, 1.165) is 10.8 Å². The summed E-state index contributed by atoms with van der Waals surface area (Å²) in [6.07, 6.45) is -5.68. The minimum atomic E-state index is -4.84. The van der Waals surface area contributed by atoms with E-state index >= 15 is 0 Å². The smallest absolute Gasteiger partial charge is 0.387 e. The monoisotopic (exact) mass is 381 g/mol. The number of hydrogen-bond donors (Lipinski definition) is 6. The molecule has 0 radical (unpaired) electrons. The topological polar surface area (TPSA) is 214 Å². The lowest BCUT2D eigenvalue weighted by Crippen LogP contribution is -2.39. The van der Waals surface area contributed by atoms with Gasteiger partial charge < -0.3 is 30.5 Å². The van der Waals surface area contributed by atoms with Crippen LogP contribution in [0.25, 0.3) is 0 Å². The van der Waals surface area contributed by atoms with Gasteiger partial charge in [-0.1, -0.05) is 0 Å². The van der Waals surface area contributed by atoms with Gasteiger partial charge >= 0.3 is 13.5 Å². The molecule has 1 amide bonds. The maximum atomic E-state index is 11.9. The number of nitrogens with zero attached hydrogens (tertiary/aromatic N) is 1. The molecule has 1 aliphatic rings. The predicted molar refractivity (Wildman–Crippen MR) is 78.1 cm³/mol. The molecule has 0 spiro atoms. The number of aromatic nitrogens is 2. The average molecular weight is 381 g/mol. The fourth-order valence-electron chi connectivity index (χ4n) is 2.30. The van der Waals surface area contributed by atoms with Gasteiger partial charge in [-0.3, -0.25) is 23.7 Å².